The van der Waals surface area contributed by atoms with E-state index in [1.165, 1.54) is 18.9 Å². The van der Waals surface area contributed by atoms with E-state index in [0.717, 1.165) is 23.7 Å². The summed E-state index contributed by atoms with van der Waals surface area (Å²) < 4.78 is 0. The molecule has 0 saturated heterocycles. The maximum absolute atomic E-state index is 12.0. The van der Waals surface area contributed by atoms with Gasteiger partial charge in [-0.1, -0.05) is 31.0 Å². The van der Waals surface area contributed by atoms with E-state index in [9.17, 15) is 9.59 Å². The van der Waals surface area contributed by atoms with E-state index < -0.39 is 0 Å². The summed E-state index contributed by atoms with van der Waals surface area (Å²) >= 11 is 0. The molecule has 1 aromatic carbocycles. The molecule has 1 aromatic heterocycles. The number of para-hydroxylation sites is 1. The molecule has 0 unspecified atom stereocenters. The fourth-order valence-electron chi connectivity index (χ4n) is 2.77. The maximum atomic E-state index is 12.0. The van der Waals surface area contributed by atoms with Crippen molar-refractivity contribution in [2.75, 3.05) is 0 Å². The van der Waals surface area contributed by atoms with Crippen LogP contribution in [0.15, 0.2) is 41.2 Å². The monoisotopic (exact) mass is 282 g/mol. The number of pyridine rings is 1. The average molecular weight is 282 g/mol. The van der Waals surface area contributed by atoms with Crippen LogP contribution < -0.4 is 10.9 Å². The van der Waals surface area contributed by atoms with Crippen LogP contribution >= 0.6 is 0 Å². The van der Waals surface area contributed by atoms with Crippen molar-refractivity contribution in [3.05, 3.63) is 52.3 Å². The zero-order chi connectivity index (χ0) is 14.7. The summed E-state index contributed by atoms with van der Waals surface area (Å²) in [4.78, 5) is 26.6. The summed E-state index contributed by atoms with van der Waals surface area (Å²) in [5, 5.41) is 3.92. The highest BCUT2D eigenvalue weighted by Gasteiger charge is 2.15. The number of rotatable bonds is 3. The second kappa shape index (κ2) is 5.95. The quantitative estimate of drug-likeness (QED) is 0.850. The SMILES string of the molecule is O=C(/C=C/c1cc2ccccc2[nH]c1=O)NC1CCCC1. The lowest BCUT2D eigenvalue weighted by atomic mass is 10.1. The van der Waals surface area contributed by atoms with Crippen molar-refractivity contribution in [2.45, 2.75) is 31.7 Å². The first-order valence-corrected chi connectivity index (χ1v) is 7.33. The van der Waals surface area contributed by atoms with Gasteiger partial charge in [-0.2, -0.15) is 0 Å². The number of carbonyl (C=O) groups excluding carboxylic acids is 1. The van der Waals surface area contributed by atoms with Crippen LogP contribution in [0.1, 0.15) is 31.2 Å². The maximum Gasteiger partial charge on any atom is 0.255 e. The van der Waals surface area contributed by atoms with Gasteiger partial charge in [0.2, 0.25) is 5.91 Å². The van der Waals surface area contributed by atoms with Crippen molar-refractivity contribution in [2.24, 2.45) is 0 Å². The van der Waals surface area contributed by atoms with Crippen LogP contribution in [0.2, 0.25) is 0 Å². The Balaban J connectivity index is 1.77. The van der Waals surface area contributed by atoms with Crippen LogP contribution in [-0.4, -0.2) is 16.9 Å². The van der Waals surface area contributed by atoms with E-state index in [0.29, 0.717) is 5.56 Å². The third-order valence-corrected chi connectivity index (χ3v) is 3.90. The Kier molecular flexibility index (Phi) is 3.86. The van der Waals surface area contributed by atoms with E-state index in [-0.39, 0.29) is 17.5 Å². The highest BCUT2D eigenvalue weighted by molar-refractivity contribution is 5.92. The molecule has 0 aliphatic heterocycles. The lowest BCUT2D eigenvalue weighted by Gasteiger charge is -2.09. The molecule has 0 atom stereocenters. The number of amides is 1. The molecular formula is C17H18N2O2. The topological polar surface area (TPSA) is 62.0 Å². The summed E-state index contributed by atoms with van der Waals surface area (Å²) in [6.07, 6.45) is 7.48. The molecule has 0 spiro atoms. The summed E-state index contributed by atoms with van der Waals surface area (Å²) in [6.45, 7) is 0. The van der Waals surface area contributed by atoms with Gasteiger partial charge < -0.3 is 10.3 Å². The second-order valence-corrected chi connectivity index (χ2v) is 5.46. The number of aromatic nitrogens is 1. The van der Waals surface area contributed by atoms with Gasteiger partial charge in [-0.3, -0.25) is 9.59 Å². The third kappa shape index (κ3) is 3.21. The lowest BCUT2D eigenvalue weighted by Crippen LogP contribution is -2.31. The molecule has 1 heterocycles. The standard InChI is InChI=1S/C17H18N2O2/c20-16(18-14-6-2-3-7-14)10-9-13-11-12-5-1-4-8-15(12)19-17(13)21/h1,4-5,8-11,14H,2-3,6-7H2,(H,18,20)(H,19,21)/b10-9+. The van der Waals surface area contributed by atoms with Gasteiger partial charge in [0.1, 0.15) is 0 Å². The third-order valence-electron chi connectivity index (χ3n) is 3.90. The molecule has 1 amide bonds. The molecule has 0 bridgehead atoms. The predicted molar refractivity (Wildman–Crippen MR) is 84.0 cm³/mol. The van der Waals surface area contributed by atoms with Crippen LogP contribution in [0.25, 0.3) is 17.0 Å². The van der Waals surface area contributed by atoms with Gasteiger partial charge in [-0.25, -0.2) is 0 Å². The van der Waals surface area contributed by atoms with Gasteiger partial charge in [0.05, 0.1) is 0 Å². The minimum absolute atomic E-state index is 0.130. The first-order valence-electron chi connectivity index (χ1n) is 7.33. The van der Waals surface area contributed by atoms with Gasteiger partial charge >= 0.3 is 0 Å². The van der Waals surface area contributed by atoms with E-state index in [2.05, 4.69) is 10.3 Å². The first kappa shape index (κ1) is 13.6. The van der Waals surface area contributed by atoms with Gasteiger partial charge in [0, 0.05) is 23.2 Å². The fraction of sp³-hybridized carbons (Fsp3) is 0.294. The van der Waals surface area contributed by atoms with Crippen LogP contribution in [0, 0.1) is 0 Å². The minimum Gasteiger partial charge on any atom is -0.350 e. The molecule has 1 saturated carbocycles. The van der Waals surface area contributed by atoms with Crippen molar-refractivity contribution >= 4 is 22.9 Å². The second-order valence-electron chi connectivity index (χ2n) is 5.46. The van der Waals surface area contributed by atoms with Crippen molar-refractivity contribution in [1.29, 1.82) is 0 Å². The summed E-state index contributed by atoms with van der Waals surface area (Å²) in [5.41, 5.74) is 1.11. The summed E-state index contributed by atoms with van der Waals surface area (Å²) in [6, 6.07) is 9.67. The van der Waals surface area contributed by atoms with Crippen molar-refractivity contribution < 1.29 is 4.79 Å². The number of carbonyl (C=O) groups is 1. The summed E-state index contributed by atoms with van der Waals surface area (Å²) in [7, 11) is 0. The Morgan fingerprint density at radius 2 is 2.00 bits per heavy atom. The molecule has 3 rings (SSSR count). The minimum atomic E-state index is -0.182. The highest BCUT2D eigenvalue weighted by atomic mass is 16.1. The summed E-state index contributed by atoms with van der Waals surface area (Å²) in [5.74, 6) is -0.130. The molecule has 1 aliphatic rings. The van der Waals surface area contributed by atoms with Crippen molar-refractivity contribution in [3.63, 3.8) is 0 Å². The normalized spacial score (nSPS) is 15.8. The van der Waals surface area contributed by atoms with Gasteiger partial charge in [0.25, 0.3) is 5.56 Å². The van der Waals surface area contributed by atoms with Gasteiger partial charge in [0.15, 0.2) is 0 Å². The molecule has 1 aliphatic carbocycles. The van der Waals surface area contributed by atoms with Crippen LogP contribution in [0.3, 0.4) is 0 Å². The van der Waals surface area contributed by atoms with E-state index >= 15 is 0 Å². The number of hydrogen-bond acceptors (Lipinski definition) is 2. The molecule has 2 aromatic rings. The molecule has 21 heavy (non-hydrogen) atoms. The Hall–Kier alpha value is -2.36. The molecule has 2 N–H and O–H groups in total. The average Bonchev–Trinajstić information content (AvgIpc) is 2.98. The van der Waals surface area contributed by atoms with Gasteiger partial charge in [-0.05, 0) is 36.4 Å². The first-order chi connectivity index (χ1) is 10.2. The van der Waals surface area contributed by atoms with Gasteiger partial charge in [-0.15, -0.1) is 0 Å². The lowest BCUT2D eigenvalue weighted by molar-refractivity contribution is -0.117. The number of hydrogen-bond donors (Lipinski definition) is 2. The smallest absolute Gasteiger partial charge is 0.255 e. The number of fused-ring (bicyclic) bond motifs is 1. The largest absolute Gasteiger partial charge is 0.350 e. The van der Waals surface area contributed by atoms with Crippen molar-refractivity contribution in [1.82, 2.24) is 10.3 Å². The van der Waals surface area contributed by atoms with Crippen LogP contribution in [0.4, 0.5) is 0 Å². The Morgan fingerprint density at radius 3 is 2.81 bits per heavy atom. The molecule has 1 fully saturated rings. The number of nitrogens with one attached hydrogen (secondary N) is 2. The Labute approximate surface area is 122 Å². The van der Waals surface area contributed by atoms with Crippen molar-refractivity contribution in [3.8, 4) is 0 Å². The Bertz CT molecular complexity index is 740. The zero-order valence-electron chi connectivity index (χ0n) is 11.8. The van der Waals surface area contributed by atoms with E-state index in [1.54, 1.807) is 12.1 Å². The highest BCUT2D eigenvalue weighted by Crippen LogP contribution is 2.17. The number of aromatic amines is 1. The fourth-order valence-corrected chi connectivity index (χ4v) is 2.77. The number of benzene rings is 1. The number of H-pyrrole nitrogens is 1. The molecule has 0 radical (unpaired) electrons. The Morgan fingerprint density at radius 1 is 1.24 bits per heavy atom. The molecule has 4 nitrogen and oxygen atoms in total. The zero-order valence-corrected chi connectivity index (χ0v) is 11.8. The predicted octanol–water partition coefficient (Wildman–Crippen LogP) is 2.60. The molecular weight excluding hydrogens is 264 g/mol. The van der Waals surface area contributed by atoms with E-state index in [4.69, 9.17) is 0 Å². The molecule has 108 valence electrons. The van der Waals surface area contributed by atoms with Crippen LogP contribution in [0.5, 0.6) is 0 Å². The molecule has 4 heteroatoms. The van der Waals surface area contributed by atoms with E-state index in [1.807, 2.05) is 24.3 Å². The van der Waals surface area contributed by atoms with Crippen LogP contribution in [-0.2, 0) is 4.79 Å².